The van der Waals surface area contributed by atoms with Crippen LogP contribution in [0.4, 0.5) is 11.4 Å². The first-order valence-corrected chi connectivity index (χ1v) is 8.33. The van der Waals surface area contributed by atoms with Crippen molar-refractivity contribution in [1.29, 1.82) is 0 Å². The number of nitro groups is 1. The number of carbonyl (C=O) groups is 2. The number of benzene rings is 2. The summed E-state index contributed by atoms with van der Waals surface area (Å²) in [5.41, 5.74) is 2.21. The third kappa shape index (κ3) is 2.72. The normalized spacial score (nSPS) is 12.8. The predicted molar refractivity (Wildman–Crippen MR) is 92.9 cm³/mol. The second-order valence-corrected chi connectivity index (χ2v) is 6.91. The van der Waals surface area contributed by atoms with Gasteiger partial charge in [0.2, 0.25) is 5.78 Å². The van der Waals surface area contributed by atoms with Gasteiger partial charge in [-0.15, -0.1) is 12.4 Å². The van der Waals surface area contributed by atoms with E-state index >= 15 is 0 Å². The number of carbonyl (C=O) groups excluding carboxylic acids is 2. The van der Waals surface area contributed by atoms with Crippen molar-refractivity contribution in [2.45, 2.75) is 4.90 Å². The maximum Gasteiger partial charge on any atom is 0.296 e. The quantitative estimate of drug-likeness (QED) is 0.277. The molecule has 3 N–H and O–H groups in total. The topological polar surface area (TPSA) is 158 Å². The van der Waals surface area contributed by atoms with Crippen LogP contribution in [0.5, 0.6) is 0 Å². The molecule has 0 saturated heterocycles. The zero-order chi connectivity index (χ0) is 18.7. The monoisotopic (exact) mass is 418 g/mol. The Kier molecular flexibility index (Phi) is 4.81. The molecule has 0 amide bonds. The van der Waals surface area contributed by atoms with Crippen molar-refractivity contribution < 1.29 is 27.5 Å². The zero-order valence-electron chi connectivity index (χ0n) is 12.4. The number of nitrogen functional groups attached to an aromatic ring is 1. The Labute approximate surface area is 157 Å². The molecule has 9 nitrogen and oxygen atoms in total. The fourth-order valence-electron chi connectivity index (χ4n) is 2.69. The van der Waals surface area contributed by atoms with Gasteiger partial charge in [-0.05, 0) is 6.07 Å². The highest BCUT2D eigenvalue weighted by molar-refractivity contribution is 7.86. The standard InChI is InChI=1S/C14H7ClN2O7S.ClH/c15-6-3-1-2-5-9(6)14(19)10-7(17(20)21)4-8(25(22,23)24)12(16)11(10)13(5)18;/h1-4H,16H2,(H,22,23,24);1H. The molecule has 3 rings (SSSR count). The minimum absolute atomic E-state index is 0. The second kappa shape index (κ2) is 6.32. The van der Waals surface area contributed by atoms with E-state index < -0.39 is 54.0 Å². The minimum atomic E-state index is -4.97. The van der Waals surface area contributed by atoms with Crippen LogP contribution >= 0.6 is 24.0 Å². The Hall–Kier alpha value is -2.53. The van der Waals surface area contributed by atoms with Gasteiger partial charge >= 0.3 is 0 Å². The number of anilines is 1. The van der Waals surface area contributed by atoms with E-state index in [0.717, 1.165) is 0 Å². The molecule has 1 aliphatic rings. The summed E-state index contributed by atoms with van der Waals surface area (Å²) in [5.74, 6) is -1.84. The van der Waals surface area contributed by atoms with Crippen molar-refractivity contribution in [3.8, 4) is 0 Å². The SMILES string of the molecule is Cl.Nc1c(S(=O)(=O)O)cc([N+](=O)[O-])c2c1C(=O)c1cccc(Cl)c1C2=O. The van der Waals surface area contributed by atoms with Crippen molar-refractivity contribution in [3.05, 3.63) is 61.7 Å². The summed E-state index contributed by atoms with van der Waals surface area (Å²) >= 11 is 5.93. The van der Waals surface area contributed by atoms with Crippen LogP contribution in [0.3, 0.4) is 0 Å². The molecule has 0 aliphatic heterocycles. The summed E-state index contributed by atoms with van der Waals surface area (Å²) in [6.07, 6.45) is 0. The number of hydrogen-bond donors (Lipinski definition) is 2. The Morgan fingerprint density at radius 2 is 1.73 bits per heavy atom. The molecule has 0 radical (unpaired) electrons. The van der Waals surface area contributed by atoms with Crippen LogP contribution in [0.25, 0.3) is 0 Å². The maximum atomic E-state index is 12.7. The lowest BCUT2D eigenvalue weighted by Gasteiger charge is -2.20. The van der Waals surface area contributed by atoms with Gasteiger partial charge in [-0.3, -0.25) is 24.3 Å². The predicted octanol–water partition coefficient (Wildman–Crippen LogP) is 2.27. The van der Waals surface area contributed by atoms with E-state index in [1.165, 1.54) is 18.2 Å². The van der Waals surface area contributed by atoms with Crippen LogP contribution in [0.2, 0.25) is 5.02 Å². The number of nitrogens with zero attached hydrogens (tertiary/aromatic N) is 1. The van der Waals surface area contributed by atoms with Crippen LogP contribution < -0.4 is 5.73 Å². The lowest BCUT2D eigenvalue weighted by molar-refractivity contribution is -0.385. The second-order valence-electron chi connectivity index (χ2n) is 5.11. The Morgan fingerprint density at radius 3 is 2.27 bits per heavy atom. The van der Waals surface area contributed by atoms with E-state index in [1.54, 1.807) is 0 Å². The van der Waals surface area contributed by atoms with Crippen molar-refractivity contribution in [2.75, 3.05) is 5.73 Å². The molecule has 1 aliphatic carbocycles. The molecule has 0 aromatic heterocycles. The zero-order valence-corrected chi connectivity index (χ0v) is 14.8. The first-order valence-electron chi connectivity index (χ1n) is 6.52. The Bertz CT molecular complexity index is 1110. The van der Waals surface area contributed by atoms with Gasteiger partial charge in [-0.1, -0.05) is 23.7 Å². The van der Waals surface area contributed by atoms with Gasteiger partial charge in [-0.25, -0.2) is 0 Å². The number of ketones is 2. The van der Waals surface area contributed by atoms with Gasteiger partial charge in [0, 0.05) is 11.6 Å². The number of halogens is 2. The molecule has 0 heterocycles. The summed E-state index contributed by atoms with van der Waals surface area (Å²) < 4.78 is 32.1. The molecule has 0 spiro atoms. The molecule has 0 unspecified atom stereocenters. The summed E-state index contributed by atoms with van der Waals surface area (Å²) in [5, 5.41) is 11.2. The van der Waals surface area contributed by atoms with Gasteiger partial charge in [0.1, 0.15) is 10.5 Å². The Morgan fingerprint density at radius 1 is 1.12 bits per heavy atom. The molecule has 136 valence electrons. The third-order valence-electron chi connectivity index (χ3n) is 3.72. The minimum Gasteiger partial charge on any atom is -0.397 e. The third-order valence-corrected chi connectivity index (χ3v) is 4.93. The first-order chi connectivity index (χ1) is 11.6. The molecular weight excluding hydrogens is 411 g/mol. The molecule has 2 aromatic rings. The molecular formula is C14H8Cl2N2O7S. The van der Waals surface area contributed by atoms with Gasteiger partial charge in [0.05, 0.1) is 26.8 Å². The smallest absolute Gasteiger partial charge is 0.296 e. The largest absolute Gasteiger partial charge is 0.397 e. The van der Waals surface area contributed by atoms with Crippen LogP contribution in [0.1, 0.15) is 31.8 Å². The van der Waals surface area contributed by atoms with Crippen LogP contribution in [-0.2, 0) is 10.1 Å². The maximum absolute atomic E-state index is 12.7. The van der Waals surface area contributed by atoms with Crippen LogP contribution in [0, 0.1) is 10.1 Å². The number of nitrogens with two attached hydrogens (primary N) is 1. The lowest BCUT2D eigenvalue weighted by Crippen LogP contribution is -2.25. The molecule has 0 atom stereocenters. The van der Waals surface area contributed by atoms with Crippen molar-refractivity contribution in [2.24, 2.45) is 0 Å². The van der Waals surface area contributed by atoms with Crippen LogP contribution in [0.15, 0.2) is 29.2 Å². The fraction of sp³-hybridized carbons (Fsp3) is 0. The summed E-state index contributed by atoms with van der Waals surface area (Å²) in [6, 6.07) is 4.42. The van der Waals surface area contributed by atoms with E-state index in [0.29, 0.717) is 6.07 Å². The number of fused-ring (bicyclic) bond motifs is 2. The van der Waals surface area contributed by atoms with Gasteiger partial charge in [-0.2, -0.15) is 8.42 Å². The molecule has 0 bridgehead atoms. The molecule has 0 fully saturated rings. The lowest BCUT2D eigenvalue weighted by atomic mass is 9.82. The fourth-order valence-corrected chi connectivity index (χ4v) is 3.59. The number of nitro benzene ring substituents is 1. The highest BCUT2D eigenvalue weighted by Gasteiger charge is 2.41. The van der Waals surface area contributed by atoms with E-state index in [1.807, 2.05) is 0 Å². The molecule has 2 aromatic carbocycles. The van der Waals surface area contributed by atoms with Gasteiger partial charge in [0.15, 0.2) is 5.78 Å². The molecule has 0 saturated carbocycles. The van der Waals surface area contributed by atoms with Crippen LogP contribution in [-0.4, -0.2) is 29.5 Å². The van der Waals surface area contributed by atoms with E-state index in [9.17, 15) is 32.7 Å². The Balaban J connectivity index is 0.00000243. The van der Waals surface area contributed by atoms with E-state index in [4.69, 9.17) is 17.3 Å². The highest BCUT2D eigenvalue weighted by Crippen LogP contribution is 2.41. The highest BCUT2D eigenvalue weighted by atomic mass is 35.5. The van der Waals surface area contributed by atoms with Gasteiger partial charge in [0.25, 0.3) is 15.8 Å². The summed E-state index contributed by atoms with van der Waals surface area (Å²) in [4.78, 5) is 34.6. The van der Waals surface area contributed by atoms with Gasteiger partial charge < -0.3 is 5.73 Å². The van der Waals surface area contributed by atoms with Crippen molar-refractivity contribution in [1.82, 2.24) is 0 Å². The summed E-state index contributed by atoms with van der Waals surface area (Å²) in [6.45, 7) is 0. The molecule has 12 heteroatoms. The first kappa shape index (κ1) is 19.8. The van der Waals surface area contributed by atoms with E-state index in [2.05, 4.69) is 0 Å². The average Bonchev–Trinajstić information content (AvgIpc) is 2.50. The van der Waals surface area contributed by atoms with E-state index in [-0.39, 0.29) is 28.6 Å². The average molecular weight is 419 g/mol. The van der Waals surface area contributed by atoms with Crippen molar-refractivity contribution >= 4 is 57.1 Å². The number of rotatable bonds is 2. The summed E-state index contributed by atoms with van der Waals surface area (Å²) in [7, 11) is -4.97. The van der Waals surface area contributed by atoms with Crippen molar-refractivity contribution in [3.63, 3.8) is 0 Å². The molecule has 26 heavy (non-hydrogen) atoms. The number of hydrogen-bond acceptors (Lipinski definition) is 7.